The average molecular weight is 310 g/mol. The van der Waals surface area contributed by atoms with E-state index < -0.39 is 0 Å². The van der Waals surface area contributed by atoms with Crippen molar-refractivity contribution in [3.8, 4) is 0 Å². The van der Waals surface area contributed by atoms with E-state index in [-0.39, 0.29) is 12.1 Å². The minimum Gasteiger partial charge on any atom is -0.326 e. The van der Waals surface area contributed by atoms with Crippen LogP contribution in [0.1, 0.15) is 37.8 Å². The van der Waals surface area contributed by atoms with Gasteiger partial charge >= 0.3 is 0 Å². The highest BCUT2D eigenvalue weighted by molar-refractivity contribution is 6.31. The molecule has 0 aromatic heterocycles. The van der Waals surface area contributed by atoms with E-state index in [1.54, 1.807) is 0 Å². The number of nitrogens with two attached hydrogens (primary N) is 1. The molecule has 1 heterocycles. The Labute approximate surface area is 134 Å². The zero-order valence-corrected chi connectivity index (χ0v) is 14.2. The first-order chi connectivity index (χ1) is 10.0. The Kier molecular flexibility index (Phi) is 6.06. The molecule has 0 bridgehead atoms. The van der Waals surface area contributed by atoms with E-state index in [4.69, 9.17) is 17.3 Å². The van der Waals surface area contributed by atoms with Crippen LogP contribution in [0.15, 0.2) is 24.3 Å². The van der Waals surface area contributed by atoms with Gasteiger partial charge in [-0.05, 0) is 51.5 Å². The second kappa shape index (κ2) is 7.59. The molecule has 2 rings (SSSR count). The van der Waals surface area contributed by atoms with Crippen molar-refractivity contribution in [2.45, 2.75) is 44.3 Å². The van der Waals surface area contributed by atoms with Gasteiger partial charge in [0.1, 0.15) is 0 Å². The van der Waals surface area contributed by atoms with E-state index in [1.165, 1.54) is 18.4 Å². The average Bonchev–Trinajstić information content (AvgIpc) is 2.88. The van der Waals surface area contributed by atoms with Gasteiger partial charge in [-0.25, -0.2) is 0 Å². The Balaban J connectivity index is 2.30. The van der Waals surface area contributed by atoms with Crippen LogP contribution < -0.4 is 5.73 Å². The fourth-order valence-electron chi connectivity index (χ4n) is 3.44. The van der Waals surface area contributed by atoms with Gasteiger partial charge in [-0.15, -0.1) is 0 Å². The van der Waals surface area contributed by atoms with E-state index in [1.807, 2.05) is 12.1 Å². The number of halogens is 1. The molecular weight excluding hydrogens is 282 g/mol. The summed E-state index contributed by atoms with van der Waals surface area (Å²) >= 11 is 6.46. The first kappa shape index (κ1) is 16.8. The second-order valence-electron chi connectivity index (χ2n) is 6.33. The van der Waals surface area contributed by atoms with E-state index in [9.17, 15) is 0 Å². The standard InChI is InChI=1S/C17H28ClN3/c1-4-16(19)17(14-9-5-6-10-15(14)18)21-11-7-8-13(21)12-20(2)3/h5-6,9-10,13,16-17H,4,7-8,11-12,19H2,1-3H3. The summed E-state index contributed by atoms with van der Waals surface area (Å²) in [7, 11) is 4.28. The van der Waals surface area contributed by atoms with Crippen molar-refractivity contribution in [3.05, 3.63) is 34.9 Å². The zero-order chi connectivity index (χ0) is 15.4. The van der Waals surface area contributed by atoms with Gasteiger partial charge in [-0.2, -0.15) is 0 Å². The molecule has 118 valence electrons. The third-order valence-corrected chi connectivity index (χ3v) is 4.80. The normalized spacial score (nSPS) is 22.7. The minimum absolute atomic E-state index is 0.118. The highest BCUT2D eigenvalue weighted by atomic mass is 35.5. The molecule has 1 aromatic carbocycles. The third kappa shape index (κ3) is 3.98. The maximum Gasteiger partial charge on any atom is 0.0517 e. The highest BCUT2D eigenvalue weighted by Crippen LogP contribution is 2.35. The first-order valence-corrected chi connectivity index (χ1v) is 8.32. The Morgan fingerprint density at radius 2 is 2.10 bits per heavy atom. The van der Waals surface area contributed by atoms with E-state index in [0.717, 1.165) is 24.5 Å². The fourth-order valence-corrected chi connectivity index (χ4v) is 3.68. The maximum absolute atomic E-state index is 6.48. The van der Waals surface area contributed by atoms with Crippen LogP contribution in [0.25, 0.3) is 0 Å². The summed E-state index contributed by atoms with van der Waals surface area (Å²) in [5.41, 5.74) is 7.66. The first-order valence-electron chi connectivity index (χ1n) is 7.95. The Morgan fingerprint density at radius 3 is 2.71 bits per heavy atom. The molecule has 3 nitrogen and oxygen atoms in total. The quantitative estimate of drug-likeness (QED) is 0.876. The van der Waals surface area contributed by atoms with Crippen LogP contribution >= 0.6 is 11.6 Å². The molecular formula is C17H28ClN3. The lowest BCUT2D eigenvalue weighted by molar-refractivity contribution is 0.132. The number of hydrogen-bond donors (Lipinski definition) is 1. The number of nitrogens with zero attached hydrogens (tertiary/aromatic N) is 2. The highest BCUT2D eigenvalue weighted by Gasteiger charge is 2.35. The van der Waals surface area contributed by atoms with Crippen LogP contribution in [0, 0.1) is 0 Å². The van der Waals surface area contributed by atoms with Crippen molar-refractivity contribution in [2.75, 3.05) is 27.2 Å². The monoisotopic (exact) mass is 309 g/mol. The van der Waals surface area contributed by atoms with E-state index in [0.29, 0.717) is 6.04 Å². The van der Waals surface area contributed by atoms with Gasteiger partial charge in [-0.1, -0.05) is 36.7 Å². The van der Waals surface area contributed by atoms with Crippen LogP contribution in [0.2, 0.25) is 5.02 Å². The van der Waals surface area contributed by atoms with Gasteiger partial charge in [0, 0.05) is 23.7 Å². The Hall–Kier alpha value is -0.610. The lowest BCUT2D eigenvalue weighted by Crippen LogP contribution is -2.46. The van der Waals surface area contributed by atoms with Gasteiger partial charge in [0.2, 0.25) is 0 Å². The summed E-state index contributed by atoms with van der Waals surface area (Å²) in [6.45, 7) is 4.35. The van der Waals surface area contributed by atoms with E-state index >= 15 is 0 Å². The van der Waals surface area contributed by atoms with E-state index in [2.05, 4.69) is 43.0 Å². The Bertz CT molecular complexity index is 449. The SMILES string of the molecule is CCC(N)C(c1ccccc1Cl)N1CCCC1CN(C)C. The van der Waals surface area contributed by atoms with Crippen molar-refractivity contribution < 1.29 is 0 Å². The molecule has 0 radical (unpaired) electrons. The predicted molar refractivity (Wildman–Crippen MR) is 90.7 cm³/mol. The van der Waals surface area contributed by atoms with Crippen molar-refractivity contribution >= 4 is 11.6 Å². The van der Waals surface area contributed by atoms with Crippen LogP contribution in [-0.2, 0) is 0 Å². The van der Waals surface area contributed by atoms with Gasteiger partial charge in [-0.3, -0.25) is 4.90 Å². The zero-order valence-electron chi connectivity index (χ0n) is 13.4. The number of benzene rings is 1. The van der Waals surface area contributed by atoms with Gasteiger partial charge < -0.3 is 10.6 Å². The second-order valence-corrected chi connectivity index (χ2v) is 6.74. The molecule has 21 heavy (non-hydrogen) atoms. The summed E-state index contributed by atoms with van der Waals surface area (Å²) in [5, 5.41) is 0.835. The van der Waals surface area contributed by atoms with Crippen molar-refractivity contribution in [1.82, 2.24) is 9.80 Å². The molecule has 0 spiro atoms. The molecule has 2 N–H and O–H groups in total. The molecule has 3 unspecified atom stereocenters. The summed E-state index contributed by atoms with van der Waals surface area (Å²) < 4.78 is 0. The van der Waals surface area contributed by atoms with Gasteiger partial charge in [0.25, 0.3) is 0 Å². The van der Waals surface area contributed by atoms with Crippen LogP contribution in [-0.4, -0.2) is 49.1 Å². The lowest BCUT2D eigenvalue weighted by atomic mass is 9.95. The van der Waals surface area contributed by atoms with Crippen molar-refractivity contribution in [2.24, 2.45) is 5.73 Å². The number of rotatable bonds is 6. The number of hydrogen-bond acceptors (Lipinski definition) is 3. The molecule has 3 atom stereocenters. The molecule has 4 heteroatoms. The molecule has 1 aliphatic heterocycles. The van der Waals surface area contributed by atoms with Crippen LogP contribution in [0.5, 0.6) is 0 Å². The lowest BCUT2D eigenvalue weighted by Gasteiger charge is -2.38. The maximum atomic E-state index is 6.48. The third-order valence-electron chi connectivity index (χ3n) is 4.46. The van der Waals surface area contributed by atoms with Gasteiger partial charge in [0.15, 0.2) is 0 Å². The molecule has 0 saturated carbocycles. The number of likely N-dealkylation sites (tertiary alicyclic amines) is 1. The molecule has 1 fully saturated rings. The Morgan fingerprint density at radius 1 is 1.38 bits per heavy atom. The van der Waals surface area contributed by atoms with Crippen molar-refractivity contribution in [3.63, 3.8) is 0 Å². The molecule has 0 amide bonds. The fraction of sp³-hybridized carbons (Fsp3) is 0.647. The molecule has 1 saturated heterocycles. The summed E-state index contributed by atoms with van der Waals surface area (Å²) in [5.74, 6) is 0. The summed E-state index contributed by atoms with van der Waals surface area (Å²) in [6.07, 6.45) is 3.45. The molecule has 1 aliphatic rings. The van der Waals surface area contributed by atoms with Crippen molar-refractivity contribution in [1.29, 1.82) is 0 Å². The predicted octanol–water partition coefficient (Wildman–Crippen LogP) is 3.14. The summed E-state index contributed by atoms with van der Waals surface area (Å²) in [6, 6.07) is 9.06. The topological polar surface area (TPSA) is 32.5 Å². The minimum atomic E-state index is 0.118. The molecule has 0 aliphatic carbocycles. The van der Waals surface area contributed by atoms with Crippen LogP contribution in [0.3, 0.4) is 0 Å². The molecule has 1 aromatic rings. The summed E-state index contributed by atoms with van der Waals surface area (Å²) in [4.78, 5) is 4.85. The van der Waals surface area contributed by atoms with Crippen LogP contribution in [0.4, 0.5) is 0 Å². The van der Waals surface area contributed by atoms with Gasteiger partial charge in [0.05, 0.1) is 6.04 Å². The largest absolute Gasteiger partial charge is 0.326 e. The smallest absolute Gasteiger partial charge is 0.0517 e. The number of likely N-dealkylation sites (N-methyl/N-ethyl adjacent to an activating group) is 1.